The van der Waals surface area contributed by atoms with E-state index in [0.29, 0.717) is 5.16 Å². The van der Waals surface area contributed by atoms with Crippen LogP contribution in [0.3, 0.4) is 0 Å². The van der Waals surface area contributed by atoms with Crippen molar-refractivity contribution in [2.45, 2.75) is 44.8 Å². The fourth-order valence-corrected chi connectivity index (χ4v) is 4.70. The number of nitrogens with one attached hydrogen (secondary N) is 1. The highest BCUT2D eigenvalue weighted by atomic mass is 32.2. The van der Waals surface area contributed by atoms with E-state index in [-0.39, 0.29) is 23.0 Å². The number of aryl methyl sites for hydroxylation is 1. The SMILES string of the molecule is CCCc1cc(-c2nnc(SCC(=O)Nc3ccccc3[N+](=O)[O-])n2CCC)cs1. The van der Waals surface area contributed by atoms with Crippen molar-refractivity contribution in [3.63, 3.8) is 0 Å². The lowest BCUT2D eigenvalue weighted by molar-refractivity contribution is -0.383. The number of aromatic nitrogens is 3. The van der Waals surface area contributed by atoms with Crippen molar-refractivity contribution < 1.29 is 9.72 Å². The zero-order chi connectivity index (χ0) is 21.5. The van der Waals surface area contributed by atoms with Gasteiger partial charge < -0.3 is 9.88 Å². The molecule has 2 heterocycles. The predicted molar refractivity (Wildman–Crippen MR) is 120 cm³/mol. The maximum atomic E-state index is 12.4. The summed E-state index contributed by atoms with van der Waals surface area (Å²) in [6.45, 7) is 4.98. The number of nitrogens with zero attached hydrogens (tertiary/aromatic N) is 4. The third-order valence-corrected chi connectivity index (χ3v) is 6.24. The summed E-state index contributed by atoms with van der Waals surface area (Å²) in [5.41, 5.74) is 1.10. The van der Waals surface area contributed by atoms with Gasteiger partial charge in [0, 0.05) is 28.4 Å². The Bertz CT molecular complexity index is 1030. The fraction of sp³-hybridized carbons (Fsp3) is 0.350. The molecule has 2 aromatic heterocycles. The first-order valence-electron chi connectivity index (χ1n) is 9.70. The number of benzene rings is 1. The van der Waals surface area contributed by atoms with Gasteiger partial charge in [0.1, 0.15) is 5.69 Å². The second-order valence-electron chi connectivity index (χ2n) is 6.62. The predicted octanol–water partition coefficient (Wildman–Crippen LogP) is 5.01. The van der Waals surface area contributed by atoms with E-state index >= 15 is 0 Å². The van der Waals surface area contributed by atoms with Crippen molar-refractivity contribution in [2.75, 3.05) is 11.1 Å². The third-order valence-electron chi connectivity index (χ3n) is 4.28. The molecule has 0 aliphatic rings. The summed E-state index contributed by atoms with van der Waals surface area (Å²) in [4.78, 5) is 24.3. The van der Waals surface area contributed by atoms with Crippen LogP contribution in [0.25, 0.3) is 11.4 Å². The first-order chi connectivity index (χ1) is 14.5. The second-order valence-corrected chi connectivity index (χ2v) is 8.56. The van der Waals surface area contributed by atoms with Crippen molar-refractivity contribution in [3.8, 4) is 11.4 Å². The molecule has 8 nitrogen and oxygen atoms in total. The van der Waals surface area contributed by atoms with Crippen LogP contribution in [0.15, 0.2) is 40.9 Å². The molecule has 0 saturated heterocycles. The normalized spacial score (nSPS) is 10.9. The van der Waals surface area contributed by atoms with E-state index in [1.807, 2.05) is 4.57 Å². The molecule has 0 saturated carbocycles. The summed E-state index contributed by atoms with van der Waals surface area (Å²) in [7, 11) is 0. The quantitative estimate of drug-likeness (QED) is 0.267. The highest BCUT2D eigenvalue weighted by molar-refractivity contribution is 7.99. The number of carbonyl (C=O) groups is 1. The molecule has 3 rings (SSSR count). The van der Waals surface area contributed by atoms with Gasteiger partial charge in [0.05, 0.1) is 10.7 Å². The topological polar surface area (TPSA) is 103 Å². The number of nitro benzene ring substituents is 1. The molecular formula is C20H23N5O3S2. The fourth-order valence-electron chi connectivity index (χ4n) is 2.96. The van der Waals surface area contributed by atoms with Crippen LogP contribution < -0.4 is 5.32 Å². The minimum atomic E-state index is -0.513. The van der Waals surface area contributed by atoms with E-state index in [4.69, 9.17) is 0 Å². The van der Waals surface area contributed by atoms with Crippen LogP contribution in [0.1, 0.15) is 31.6 Å². The molecular weight excluding hydrogens is 422 g/mol. The van der Waals surface area contributed by atoms with Crippen LogP contribution in [0, 0.1) is 10.1 Å². The van der Waals surface area contributed by atoms with Crippen LogP contribution in [0.4, 0.5) is 11.4 Å². The molecule has 0 atom stereocenters. The lowest BCUT2D eigenvalue weighted by atomic mass is 10.2. The Kier molecular flexibility index (Phi) is 7.58. The standard InChI is InChI=1S/C20H23N5O3S2/c1-3-7-15-11-14(12-29-15)19-22-23-20(24(19)10-4-2)30-13-18(26)21-16-8-5-6-9-17(16)25(27)28/h5-6,8-9,11-12H,3-4,7,10,13H2,1-2H3,(H,21,26). The molecule has 10 heteroatoms. The molecule has 0 fully saturated rings. The number of hydrogen-bond donors (Lipinski definition) is 1. The number of amides is 1. The van der Waals surface area contributed by atoms with Crippen LogP contribution >= 0.6 is 23.1 Å². The number of thiophene rings is 1. The van der Waals surface area contributed by atoms with Gasteiger partial charge in [0.2, 0.25) is 5.91 Å². The number of hydrogen-bond acceptors (Lipinski definition) is 7. The Morgan fingerprint density at radius 3 is 2.80 bits per heavy atom. The Morgan fingerprint density at radius 1 is 1.27 bits per heavy atom. The highest BCUT2D eigenvalue weighted by Gasteiger charge is 2.18. The number of para-hydroxylation sites is 2. The maximum absolute atomic E-state index is 12.4. The molecule has 1 N–H and O–H groups in total. The van der Waals surface area contributed by atoms with Crippen LogP contribution in [0.2, 0.25) is 0 Å². The number of rotatable bonds is 10. The molecule has 0 unspecified atom stereocenters. The first kappa shape index (κ1) is 22.0. The van der Waals surface area contributed by atoms with Gasteiger partial charge in [-0.15, -0.1) is 21.5 Å². The summed E-state index contributed by atoms with van der Waals surface area (Å²) in [6, 6.07) is 8.24. The van der Waals surface area contributed by atoms with Crippen LogP contribution in [-0.2, 0) is 17.8 Å². The van der Waals surface area contributed by atoms with Gasteiger partial charge in [-0.1, -0.05) is 44.2 Å². The summed E-state index contributed by atoms with van der Waals surface area (Å²) in [5.74, 6) is 0.554. The monoisotopic (exact) mass is 445 g/mol. The second kappa shape index (κ2) is 10.4. The zero-order valence-corrected chi connectivity index (χ0v) is 18.5. The van der Waals surface area contributed by atoms with Gasteiger partial charge in [-0.25, -0.2) is 0 Å². The minimum absolute atomic E-state index is 0.0820. The summed E-state index contributed by atoms with van der Waals surface area (Å²) < 4.78 is 2.03. The molecule has 0 spiro atoms. The van der Waals surface area contributed by atoms with Crippen LogP contribution in [0.5, 0.6) is 0 Å². The molecule has 0 bridgehead atoms. The molecule has 3 aromatic rings. The van der Waals surface area contributed by atoms with E-state index < -0.39 is 4.92 Å². The van der Waals surface area contributed by atoms with Crippen molar-refractivity contribution in [1.82, 2.24) is 14.8 Å². The Morgan fingerprint density at radius 2 is 2.07 bits per heavy atom. The smallest absolute Gasteiger partial charge is 0.292 e. The third kappa shape index (κ3) is 5.25. The summed E-state index contributed by atoms with van der Waals surface area (Å²) in [5, 5.41) is 25.1. The largest absolute Gasteiger partial charge is 0.320 e. The molecule has 158 valence electrons. The Hall–Kier alpha value is -2.72. The molecule has 30 heavy (non-hydrogen) atoms. The van der Waals surface area contributed by atoms with E-state index in [1.165, 1.54) is 28.8 Å². The van der Waals surface area contributed by atoms with Gasteiger partial charge in [-0.05, 0) is 25.0 Å². The van der Waals surface area contributed by atoms with Gasteiger partial charge in [-0.3, -0.25) is 14.9 Å². The number of nitro groups is 1. The number of carbonyl (C=O) groups excluding carboxylic acids is 1. The maximum Gasteiger partial charge on any atom is 0.292 e. The lowest BCUT2D eigenvalue weighted by Gasteiger charge is -2.08. The van der Waals surface area contributed by atoms with Crippen molar-refractivity contribution in [2.24, 2.45) is 0 Å². The number of thioether (sulfide) groups is 1. The molecule has 0 aliphatic heterocycles. The van der Waals surface area contributed by atoms with Crippen LogP contribution in [-0.4, -0.2) is 31.3 Å². The molecule has 1 amide bonds. The Balaban J connectivity index is 1.71. The van der Waals surface area contributed by atoms with Gasteiger partial charge in [0.15, 0.2) is 11.0 Å². The summed E-state index contributed by atoms with van der Waals surface area (Å²) >= 11 is 2.99. The van der Waals surface area contributed by atoms with Crippen molar-refractivity contribution >= 4 is 40.4 Å². The molecule has 1 aromatic carbocycles. The minimum Gasteiger partial charge on any atom is -0.320 e. The number of anilines is 1. The van der Waals surface area contributed by atoms with Crippen molar-refractivity contribution in [3.05, 3.63) is 50.7 Å². The highest BCUT2D eigenvalue weighted by Crippen LogP contribution is 2.29. The van der Waals surface area contributed by atoms with Gasteiger partial charge in [0.25, 0.3) is 5.69 Å². The molecule has 0 aliphatic carbocycles. The lowest BCUT2D eigenvalue weighted by Crippen LogP contribution is -2.15. The average molecular weight is 446 g/mol. The summed E-state index contributed by atoms with van der Waals surface area (Å²) in [6.07, 6.45) is 3.05. The zero-order valence-electron chi connectivity index (χ0n) is 16.8. The van der Waals surface area contributed by atoms with E-state index in [0.717, 1.165) is 37.2 Å². The Labute approximate surface area is 182 Å². The molecule has 0 radical (unpaired) electrons. The van der Waals surface area contributed by atoms with E-state index in [9.17, 15) is 14.9 Å². The average Bonchev–Trinajstić information content (AvgIpc) is 3.34. The van der Waals surface area contributed by atoms with Crippen molar-refractivity contribution in [1.29, 1.82) is 0 Å². The van der Waals surface area contributed by atoms with Gasteiger partial charge in [-0.2, -0.15) is 0 Å². The van der Waals surface area contributed by atoms with E-state index in [1.54, 1.807) is 23.5 Å². The first-order valence-corrected chi connectivity index (χ1v) is 11.6. The van der Waals surface area contributed by atoms with Gasteiger partial charge >= 0.3 is 0 Å². The van der Waals surface area contributed by atoms with E-state index in [2.05, 4.69) is 40.8 Å².